The number of carbonyl (C=O) groups is 2. The van der Waals surface area contributed by atoms with Gasteiger partial charge in [0.2, 0.25) is 10.0 Å². The molecule has 1 atom stereocenters. The first kappa shape index (κ1) is 18.9. The number of Topliss-reactive ketones (excluding diaryl/α,β-unsaturated/α-hetero) is 1. The van der Waals surface area contributed by atoms with Crippen LogP contribution in [0.3, 0.4) is 0 Å². The van der Waals surface area contributed by atoms with E-state index in [1.165, 1.54) is 12.4 Å². The van der Waals surface area contributed by atoms with Crippen LogP contribution in [0.25, 0.3) is 0 Å². The molecule has 0 aliphatic heterocycles. The minimum absolute atomic E-state index is 0.129. The lowest BCUT2D eigenvalue weighted by Crippen LogP contribution is -2.45. The Balaban J connectivity index is 3.12. The normalized spacial score (nSPS) is 13.3. The highest BCUT2D eigenvalue weighted by Crippen LogP contribution is 2.24. The van der Waals surface area contributed by atoms with E-state index in [2.05, 4.69) is 0 Å². The number of alkyl halides is 3. The van der Waals surface area contributed by atoms with Gasteiger partial charge in [0.05, 0.1) is 13.2 Å². The molecule has 0 aliphatic carbocycles. The maximum Gasteiger partial charge on any atom is 0.471 e. The van der Waals surface area contributed by atoms with Crippen molar-refractivity contribution in [3.05, 3.63) is 23.8 Å². The fourth-order valence-corrected chi connectivity index (χ4v) is 2.37. The molecule has 0 saturated carbocycles. The van der Waals surface area contributed by atoms with Gasteiger partial charge in [-0.15, -0.1) is 0 Å². The first-order valence-electron chi connectivity index (χ1n) is 6.00. The Morgan fingerprint density at radius 3 is 2.30 bits per heavy atom. The van der Waals surface area contributed by atoms with Crippen LogP contribution in [0, 0.1) is 0 Å². The number of methoxy groups -OCH3 is 1. The molecule has 1 aromatic rings. The second kappa shape index (κ2) is 6.54. The molecule has 1 amide bonds. The Kier molecular flexibility index (Phi) is 5.38. The molecular formula is C12H13F3N2O5S. The quantitative estimate of drug-likeness (QED) is 0.751. The highest BCUT2D eigenvalue weighted by Gasteiger charge is 2.40. The van der Waals surface area contributed by atoms with Crippen LogP contribution < -0.4 is 15.2 Å². The van der Waals surface area contributed by atoms with E-state index in [4.69, 9.17) is 9.88 Å². The lowest BCUT2D eigenvalue weighted by molar-refractivity contribution is -0.173. The first-order valence-corrected chi connectivity index (χ1v) is 7.55. The van der Waals surface area contributed by atoms with Crippen LogP contribution in [0.2, 0.25) is 0 Å². The molecule has 0 fully saturated rings. The van der Waals surface area contributed by atoms with E-state index >= 15 is 0 Å². The van der Waals surface area contributed by atoms with Gasteiger partial charge in [-0.2, -0.15) is 13.2 Å². The number of halogens is 3. The highest BCUT2D eigenvalue weighted by atomic mass is 32.2. The van der Waals surface area contributed by atoms with E-state index in [-0.39, 0.29) is 11.3 Å². The fraction of sp³-hybridized carbons (Fsp3) is 0.333. The van der Waals surface area contributed by atoms with Crippen LogP contribution in [0.1, 0.15) is 17.3 Å². The summed E-state index contributed by atoms with van der Waals surface area (Å²) in [6.07, 6.45) is -5.14. The minimum Gasteiger partial charge on any atom is -0.495 e. The van der Waals surface area contributed by atoms with E-state index in [1.807, 2.05) is 0 Å². The Bertz CT molecular complexity index is 731. The third-order valence-electron chi connectivity index (χ3n) is 2.75. The van der Waals surface area contributed by atoms with Crippen LogP contribution in [0.4, 0.5) is 13.2 Å². The van der Waals surface area contributed by atoms with E-state index in [1.54, 1.807) is 0 Å². The van der Waals surface area contributed by atoms with Gasteiger partial charge in [-0.05, 0) is 25.1 Å². The third kappa shape index (κ3) is 4.66. The monoisotopic (exact) mass is 354 g/mol. The fourth-order valence-electron chi connectivity index (χ4n) is 1.65. The van der Waals surface area contributed by atoms with Gasteiger partial charge >= 0.3 is 12.1 Å². The summed E-state index contributed by atoms with van der Waals surface area (Å²) in [6.45, 7) is 1.03. The summed E-state index contributed by atoms with van der Waals surface area (Å²) in [5.74, 6) is -3.33. The van der Waals surface area contributed by atoms with Gasteiger partial charge in [-0.1, -0.05) is 0 Å². The van der Waals surface area contributed by atoms with Gasteiger partial charge in [0.15, 0.2) is 5.78 Å². The summed E-state index contributed by atoms with van der Waals surface area (Å²) in [5.41, 5.74) is -0.246. The molecular weight excluding hydrogens is 341 g/mol. The van der Waals surface area contributed by atoms with Crippen molar-refractivity contribution in [1.82, 2.24) is 5.32 Å². The molecule has 0 radical (unpaired) electrons. The van der Waals surface area contributed by atoms with Gasteiger partial charge in [0, 0.05) is 5.56 Å². The predicted octanol–water partition coefficient (Wildman–Crippen LogP) is 0.592. The van der Waals surface area contributed by atoms with Crippen LogP contribution in [0.15, 0.2) is 23.1 Å². The molecule has 7 nitrogen and oxygen atoms in total. The summed E-state index contributed by atoms with van der Waals surface area (Å²) in [7, 11) is -3.04. The molecule has 23 heavy (non-hydrogen) atoms. The molecule has 3 N–H and O–H groups in total. The smallest absolute Gasteiger partial charge is 0.471 e. The Morgan fingerprint density at radius 2 is 1.87 bits per heavy atom. The van der Waals surface area contributed by atoms with E-state index in [0.717, 1.165) is 25.1 Å². The topological polar surface area (TPSA) is 116 Å². The minimum atomic E-state index is -5.14. The van der Waals surface area contributed by atoms with Gasteiger partial charge in [-0.3, -0.25) is 9.59 Å². The van der Waals surface area contributed by atoms with Crippen molar-refractivity contribution in [3.63, 3.8) is 0 Å². The van der Waals surface area contributed by atoms with Crippen molar-refractivity contribution >= 4 is 21.7 Å². The molecule has 1 aromatic carbocycles. The van der Waals surface area contributed by atoms with E-state index in [0.29, 0.717) is 0 Å². The van der Waals surface area contributed by atoms with Crippen molar-refractivity contribution in [2.45, 2.75) is 24.0 Å². The first-order chi connectivity index (χ1) is 10.4. The van der Waals surface area contributed by atoms with Gasteiger partial charge in [0.1, 0.15) is 10.6 Å². The zero-order valence-corrected chi connectivity index (χ0v) is 12.8. The van der Waals surface area contributed by atoms with Crippen molar-refractivity contribution < 1.29 is 35.9 Å². The predicted molar refractivity (Wildman–Crippen MR) is 72.4 cm³/mol. The largest absolute Gasteiger partial charge is 0.495 e. The second-order valence-corrected chi connectivity index (χ2v) is 6.00. The molecule has 0 saturated heterocycles. The molecule has 0 aromatic heterocycles. The maximum atomic E-state index is 12.2. The molecule has 11 heteroatoms. The molecule has 0 heterocycles. The van der Waals surface area contributed by atoms with Gasteiger partial charge < -0.3 is 10.1 Å². The molecule has 128 valence electrons. The zero-order valence-electron chi connectivity index (χ0n) is 12.0. The lowest BCUT2D eigenvalue weighted by Gasteiger charge is -2.15. The van der Waals surface area contributed by atoms with E-state index < -0.39 is 38.8 Å². The van der Waals surface area contributed by atoms with Gasteiger partial charge in [0.25, 0.3) is 0 Å². The van der Waals surface area contributed by atoms with Crippen LogP contribution >= 0.6 is 0 Å². The summed E-state index contributed by atoms with van der Waals surface area (Å²) < 4.78 is 64.1. The van der Waals surface area contributed by atoms with Crippen molar-refractivity contribution in [3.8, 4) is 5.75 Å². The number of nitrogens with two attached hydrogens (primary N) is 1. The number of primary sulfonamides is 1. The Morgan fingerprint density at radius 1 is 1.30 bits per heavy atom. The number of benzene rings is 1. The van der Waals surface area contributed by atoms with Crippen LogP contribution in [-0.2, 0) is 14.8 Å². The number of hydrogen-bond donors (Lipinski definition) is 2. The number of sulfonamides is 1. The van der Waals surface area contributed by atoms with Crippen molar-refractivity contribution in [2.24, 2.45) is 5.14 Å². The summed E-state index contributed by atoms with van der Waals surface area (Å²) in [6, 6.07) is 1.62. The Hall–Kier alpha value is -2.14. The number of carbonyl (C=O) groups excluding carboxylic acids is 2. The number of rotatable bonds is 5. The number of ether oxygens (including phenoxy) is 1. The molecule has 0 aliphatic rings. The molecule has 1 rings (SSSR count). The Labute approximate surface area is 129 Å². The van der Waals surface area contributed by atoms with Crippen molar-refractivity contribution in [1.29, 1.82) is 0 Å². The van der Waals surface area contributed by atoms with Crippen LogP contribution in [-0.4, -0.2) is 39.4 Å². The summed E-state index contributed by atoms with van der Waals surface area (Å²) in [5, 5.41) is 6.46. The standard InChI is InChI=1S/C12H13F3N2O5S/c1-6(17-11(19)12(13,14)15)10(18)7-3-4-8(22-2)9(5-7)23(16,20)21/h3-6H,1-2H3,(H,17,19)(H2,16,20,21)/t6-/m1/s1. The number of amides is 1. The van der Waals surface area contributed by atoms with E-state index in [9.17, 15) is 31.2 Å². The third-order valence-corrected chi connectivity index (χ3v) is 3.69. The average molecular weight is 354 g/mol. The maximum absolute atomic E-state index is 12.2. The number of hydrogen-bond acceptors (Lipinski definition) is 5. The molecule has 0 unspecified atom stereocenters. The number of ketones is 1. The SMILES string of the molecule is COc1ccc(C(=O)[C@@H](C)NC(=O)C(F)(F)F)cc1S(N)(=O)=O. The van der Waals surface area contributed by atoms with Gasteiger partial charge in [-0.25, -0.2) is 13.6 Å². The summed E-state index contributed by atoms with van der Waals surface area (Å²) in [4.78, 5) is 22.3. The lowest BCUT2D eigenvalue weighted by atomic mass is 10.1. The number of nitrogens with one attached hydrogen (secondary N) is 1. The molecule has 0 bridgehead atoms. The average Bonchev–Trinajstić information content (AvgIpc) is 2.43. The van der Waals surface area contributed by atoms with Crippen LogP contribution in [0.5, 0.6) is 5.75 Å². The second-order valence-electron chi connectivity index (χ2n) is 4.47. The molecule has 0 spiro atoms. The zero-order chi connectivity index (χ0) is 18.0. The highest BCUT2D eigenvalue weighted by molar-refractivity contribution is 7.89. The van der Waals surface area contributed by atoms with Crippen molar-refractivity contribution in [2.75, 3.05) is 7.11 Å². The summed E-state index contributed by atoms with van der Waals surface area (Å²) >= 11 is 0.